The Kier molecular flexibility index (Phi) is 8.04. The summed E-state index contributed by atoms with van der Waals surface area (Å²) >= 11 is 11.8. The van der Waals surface area contributed by atoms with E-state index in [-0.39, 0.29) is 28.6 Å². The van der Waals surface area contributed by atoms with Crippen molar-refractivity contribution in [3.8, 4) is 0 Å². The molecule has 1 amide bonds. The number of nitrogens with zero attached hydrogens (tertiary/aromatic N) is 1. The zero-order chi connectivity index (χ0) is 21.6. The molecule has 0 aliphatic rings. The van der Waals surface area contributed by atoms with E-state index in [1.165, 1.54) is 16.4 Å². The van der Waals surface area contributed by atoms with Crippen LogP contribution < -0.4 is 5.32 Å². The van der Waals surface area contributed by atoms with Crippen molar-refractivity contribution in [2.75, 3.05) is 25.0 Å². The predicted molar refractivity (Wildman–Crippen MR) is 112 cm³/mol. The Balaban J connectivity index is 2.09. The van der Waals surface area contributed by atoms with Gasteiger partial charge in [0.2, 0.25) is 10.0 Å². The van der Waals surface area contributed by atoms with E-state index in [0.717, 1.165) is 6.07 Å². The van der Waals surface area contributed by atoms with Gasteiger partial charge in [0.15, 0.2) is 6.61 Å². The summed E-state index contributed by atoms with van der Waals surface area (Å²) in [5.41, 5.74) is 0.467. The van der Waals surface area contributed by atoms with Crippen LogP contribution in [0.4, 0.5) is 5.69 Å². The minimum atomic E-state index is -3.86. The molecule has 0 aromatic heterocycles. The molecule has 0 fully saturated rings. The van der Waals surface area contributed by atoms with Gasteiger partial charge in [-0.15, -0.1) is 0 Å². The number of carbonyl (C=O) groups excluding carboxylic acids is 2. The van der Waals surface area contributed by atoms with Crippen LogP contribution in [0.1, 0.15) is 24.2 Å². The Hall–Kier alpha value is -2.13. The van der Waals surface area contributed by atoms with E-state index in [1.807, 2.05) is 0 Å². The van der Waals surface area contributed by atoms with Crippen LogP contribution in [0.3, 0.4) is 0 Å². The summed E-state index contributed by atoms with van der Waals surface area (Å²) in [6.45, 7) is 3.38. The lowest BCUT2D eigenvalue weighted by Gasteiger charge is -2.19. The minimum absolute atomic E-state index is 0.00562. The van der Waals surface area contributed by atoms with Crippen LogP contribution in [0, 0.1) is 0 Å². The first-order valence-corrected chi connectivity index (χ1v) is 10.9. The van der Waals surface area contributed by atoms with Crippen molar-refractivity contribution >= 4 is 50.8 Å². The number of nitrogens with one attached hydrogen (secondary N) is 1. The molecule has 0 saturated carbocycles. The second-order valence-electron chi connectivity index (χ2n) is 5.87. The molecular formula is C19H20Cl2N2O5S. The van der Waals surface area contributed by atoms with Gasteiger partial charge in [-0.1, -0.05) is 37.0 Å². The Morgan fingerprint density at radius 2 is 1.66 bits per heavy atom. The van der Waals surface area contributed by atoms with Gasteiger partial charge in [0.1, 0.15) is 4.90 Å². The van der Waals surface area contributed by atoms with Crippen LogP contribution in [0.25, 0.3) is 0 Å². The van der Waals surface area contributed by atoms with Crippen LogP contribution in [0.5, 0.6) is 0 Å². The smallest absolute Gasteiger partial charge is 0.338 e. The number of benzene rings is 2. The molecule has 0 heterocycles. The van der Waals surface area contributed by atoms with Gasteiger partial charge in [0, 0.05) is 23.8 Å². The first kappa shape index (κ1) is 23.2. The van der Waals surface area contributed by atoms with Gasteiger partial charge in [-0.25, -0.2) is 13.2 Å². The Morgan fingerprint density at radius 3 is 2.24 bits per heavy atom. The van der Waals surface area contributed by atoms with Crippen molar-refractivity contribution in [3.05, 3.63) is 58.1 Å². The quantitative estimate of drug-likeness (QED) is 0.606. The second kappa shape index (κ2) is 10.1. The largest absolute Gasteiger partial charge is 0.452 e. The first-order valence-electron chi connectivity index (χ1n) is 8.71. The van der Waals surface area contributed by atoms with Crippen molar-refractivity contribution in [1.82, 2.24) is 4.31 Å². The molecule has 2 aromatic carbocycles. The molecule has 0 bridgehead atoms. The Labute approximate surface area is 179 Å². The third kappa shape index (κ3) is 5.93. The van der Waals surface area contributed by atoms with Crippen molar-refractivity contribution in [1.29, 1.82) is 0 Å². The summed E-state index contributed by atoms with van der Waals surface area (Å²) in [5.74, 6) is -1.39. The van der Waals surface area contributed by atoms with Gasteiger partial charge in [-0.3, -0.25) is 4.79 Å². The van der Waals surface area contributed by atoms with Gasteiger partial charge in [-0.05, 0) is 42.5 Å². The molecule has 0 aliphatic carbocycles. The number of halogens is 2. The van der Waals surface area contributed by atoms with Crippen LogP contribution in [-0.4, -0.2) is 44.3 Å². The molecule has 0 saturated heterocycles. The lowest BCUT2D eigenvalue weighted by Crippen LogP contribution is -2.31. The van der Waals surface area contributed by atoms with Gasteiger partial charge in [0.25, 0.3) is 5.91 Å². The third-order valence-electron chi connectivity index (χ3n) is 3.95. The maximum absolute atomic E-state index is 12.7. The molecule has 7 nitrogen and oxygen atoms in total. The number of anilines is 1. The monoisotopic (exact) mass is 458 g/mol. The normalized spacial score (nSPS) is 11.3. The standard InChI is InChI=1S/C19H20Cl2N2O5S/c1-3-23(4-2)29(26,27)17-11-13(5-10-16(17)21)19(25)28-12-18(24)22-15-8-6-14(20)7-9-15/h5-11H,3-4,12H2,1-2H3,(H,22,24). The predicted octanol–water partition coefficient (Wildman–Crippen LogP) is 3.82. The molecule has 29 heavy (non-hydrogen) atoms. The lowest BCUT2D eigenvalue weighted by atomic mass is 10.2. The maximum atomic E-state index is 12.7. The lowest BCUT2D eigenvalue weighted by molar-refractivity contribution is -0.119. The molecule has 10 heteroatoms. The van der Waals surface area contributed by atoms with Crippen LogP contribution in [0.15, 0.2) is 47.4 Å². The number of carbonyl (C=O) groups is 2. The number of ether oxygens (including phenoxy) is 1. The number of esters is 1. The summed E-state index contributed by atoms with van der Waals surface area (Å²) in [4.78, 5) is 24.0. The van der Waals surface area contributed by atoms with Crippen LogP contribution in [0.2, 0.25) is 10.0 Å². The fourth-order valence-corrected chi connectivity index (χ4v) is 4.56. The van der Waals surface area contributed by atoms with Crippen molar-refractivity contribution in [2.24, 2.45) is 0 Å². The summed E-state index contributed by atoms with van der Waals surface area (Å²) < 4.78 is 31.6. The number of hydrogen-bond donors (Lipinski definition) is 1. The molecule has 0 radical (unpaired) electrons. The molecular weight excluding hydrogens is 439 g/mol. The highest BCUT2D eigenvalue weighted by Gasteiger charge is 2.26. The van der Waals surface area contributed by atoms with Crippen molar-refractivity contribution in [2.45, 2.75) is 18.7 Å². The number of hydrogen-bond acceptors (Lipinski definition) is 5. The second-order valence-corrected chi connectivity index (χ2v) is 8.62. The molecule has 1 N–H and O–H groups in total. The Bertz CT molecular complexity index is 990. The van der Waals surface area contributed by atoms with E-state index in [9.17, 15) is 18.0 Å². The van der Waals surface area contributed by atoms with Gasteiger partial charge in [0.05, 0.1) is 10.6 Å². The molecule has 0 atom stereocenters. The maximum Gasteiger partial charge on any atom is 0.338 e. The molecule has 2 rings (SSSR count). The fraction of sp³-hybridized carbons (Fsp3) is 0.263. The summed E-state index contributed by atoms with van der Waals surface area (Å²) in [6.07, 6.45) is 0. The number of sulfonamides is 1. The van der Waals surface area contributed by atoms with E-state index in [0.29, 0.717) is 10.7 Å². The molecule has 0 spiro atoms. The zero-order valence-corrected chi connectivity index (χ0v) is 18.1. The summed E-state index contributed by atoms with van der Waals surface area (Å²) in [6, 6.07) is 10.2. The number of rotatable bonds is 8. The summed E-state index contributed by atoms with van der Waals surface area (Å²) in [5, 5.41) is 3.07. The minimum Gasteiger partial charge on any atom is -0.452 e. The first-order chi connectivity index (χ1) is 13.7. The van der Waals surface area contributed by atoms with Crippen LogP contribution in [-0.2, 0) is 19.6 Å². The van der Waals surface area contributed by atoms with Gasteiger partial charge >= 0.3 is 5.97 Å². The van der Waals surface area contributed by atoms with Gasteiger partial charge in [-0.2, -0.15) is 4.31 Å². The van der Waals surface area contributed by atoms with E-state index in [1.54, 1.807) is 38.1 Å². The zero-order valence-electron chi connectivity index (χ0n) is 15.8. The average molecular weight is 459 g/mol. The third-order valence-corrected chi connectivity index (χ3v) is 6.74. The van der Waals surface area contributed by atoms with Crippen LogP contribution >= 0.6 is 23.2 Å². The highest BCUT2D eigenvalue weighted by molar-refractivity contribution is 7.89. The number of amides is 1. The molecule has 2 aromatic rings. The molecule has 0 unspecified atom stereocenters. The average Bonchev–Trinajstić information content (AvgIpc) is 2.69. The molecule has 156 valence electrons. The van der Waals surface area contributed by atoms with E-state index in [4.69, 9.17) is 27.9 Å². The van der Waals surface area contributed by atoms with Gasteiger partial charge < -0.3 is 10.1 Å². The highest BCUT2D eigenvalue weighted by atomic mass is 35.5. The molecule has 0 aliphatic heterocycles. The van der Waals surface area contributed by atoms with Crippen molar-refractivity contribution in [3.63, 3.8) is 0 Å². The highest BCUT2D eigenvalue weighted by Crippen LogP contribution is 2.26. The van der Waals surface area contributed by atoms with E-state index >= 15 is 0 Å². The van der Waals surface area contributed by atoms with E-state index < -0.39 is 28.5 Å². The summed E-state index contributed by atoms with van der Waals surface area (Å²) in [7, 11) is -3.86. The fourth-order valence-electron chi connectivity index (χ4n) is 2.48. The van der Waals surface area contributed by atoms with E-state index in [2.05, 4.69) is 5.32 Å². The Morgan fingerprint density at radius 1 is 1.03 bits per heavy atom. The SMILES string of the molecule is CCN(CC)S(=O)(=O)c1cc(C(=O)OCC(=O)Nc2ccc(Cl)cc2)ccc1Cl. The van der Waals surface area contributed by atoms with Crippen molar-refractivity contribution < 1.29 is 22.7 Å². The topological polar surface area (TPSA) is 92.8 Å².